The highest BCUT2D eigenvalue weighted by Gasteiger charge is 2.09. The lowest BCUT2D eigenvalue weighted by Gasteiger charge is -1.98. The zero-order chi connectivity index (χ0) is 10.4. The van der Waals surface area contributed by atoms with Gasteiger partial charge in [-0.15, -0.1) is 0 Å². The highest BCUT2D eigenvalue weighted by Crippen LogP contribution is 2.25. The largest absolute Gasteiger partial charge is 0.366 e. The van der Waals surface area contributed by atoms with Gasteiger partial charge in [0, 0.05) is 11.6 Å². The lowest BCUT2D eigenvalue weighted by Crippen LogP contribution is -1.91. The van der Waals surface area contributed by atoms with E-state index in [1.807, 2.05) is 6.07 Å². The minimum absolute atomic E-state index is 0.417. The van der Waals surface area contributed by atoms with Crippen molar-refractivity contribution in [1.82, 2.24) is 10.1 Å². The van der Waals surface area contributed by atoms with E-state index in [1.165, 1.54) is 6.20 Å². The summed E-state index contributed by atoms with van der Waals surface area (Å²) in [4.78, 5) is 15.4. The number of pyridine rings is 1. The average Bonchev–Trinajstić information content (AvgIpc) is 2.61. The van der Waals surface area contributed by atoms with Gasteiger partial charge in [-0.2, -0.15) is 0 Å². The fourth-order valence-electron chi connectivity index (χ4n) is 1.60. The summed E-state index contributed by atoms with van der Waals surface area (Å²) in [7, 11) is 0. The number of nitrogens with zero attached hydrogens (tertiary/aromatic N) is 1. The van der Waals surface area contributed by atoms with E-state index >= 15 is 0 Å². The molecular weight excluding hydrogens is 216 g/mol. The van der Waals surface area contributed by atoms with Crippen molar-refractivity contribution in [2.24, 2.45) is 0 Å². The maximum absolute atomic E-state index is 11.2. The molecule has 0 saturated heterocycles. The maximum Gasteiger partial charge on any atom is 0.366 e. The van der Waals surface area contributed by atoms with Crippen molar-refractivity contribution in [3.05, 3.63) is 39.8 Å². The standard InChI is InChI=1S/C10H5ClN2O2/c11-7-3-1-2-5-8-6(4-12-9(5)7)10(14)15-13-8/h1-4,13H. The molecular formula is C10H5ClN2O2. The molecule has 0 spiro atoms. The van der Waals surface area contributed by atoms with E-state index in [1.54, 1.807) is 12.1 Å². The Labute approximate surface area is 88.4 Å². The predicted molar refractivity (Wildman–Crippen MR) is 57.1 cm³/mol. The van der Waals surface area contributed by atoms with E-state index in [0.29, 0.717) is 21.4 Å². The fourth-order valence-corrected chi connectivity index (χ4v) is 1.83. The first-order valence-electron chi connectivity index (χ1n) is 4.32. The summed E-state index contributed by atoms with van der Waals surface area (Å²) in [6, 6.07) is 5.39. The van der Waals surface area contributed by atoms with Gasteiger partial charge in [-0.05, 0) is 6.07 Å². The molecule has 0 amide bonds. The summed E-state index contributed by atoms with van der Waals surface area (Å²) in [6.07, 6.45) is 1.46. The molecule has 1 N–H and O–H groups in total. The Morgan fingerprint density at radius 2 is 2.20 bits per heavy atom. The molecule has 0 radical (unpaired) electrons. The van der Waals surface area contributed by atoms with Crippen LogP contribution in [0.5, 0.6) is 0 Å². The van der Waals surface area contributed by atoms with Crippen molar-refractivity contribution >= 4 is 33.4 Å². The molecule has 0 bridgehead atoms. The summed E-state index contributed by atoms with van der Waals surface area (Å²) in [5.41, 5.74) is 0.871. The third kappa shape index (κ3) is 1.08. The van der Waals surface area contributed by atoms with E-state index < -0.39 is 5.63 Å². The highest BCUT2D eigenvalue weighted by atomic mass is 35.5. The van der Waals surface area contributed by atoms with Gasteiger partial charge in [0.05, 0.1) is 16.1 Å². The SMILES string of the molecule is O=c1o[nH]c2c1cnc1c(Cl)cccc12. The number of fused-ring (bicyclic) bond motifs is 3. The van der Waals surface area contributed by atoms with Gasteiger partial charge >= 0.3 is 5.63 Å². The minimum atomic E-state index is -0.417. The molecule has 3 rings (SSSR count). The Hall–Kier alpha value is -1.81. The van der Waals surface area contributed by atoms with Crippen molar-refractivity contribution in [3.63, 3.8) is 0 Å². The zero-order valence-corrected chi connectivity index (χ0v) is 8.21. The van der Waals surface area contributed by atoms with E-state index in [9.17, 15) is 4.79 Å². The third-order valence-electron chi connectivity index (χ3n) is 2.31. The second-order valence-corrected chi connectivity index (χ2v) is 3.58. The molecule has 0 atom stereocenters. The van der Waals surface area contributed by atoms with Crippen molar-refractivity contribution < 1.29 is 4.52 Å². The van der Waals surface area contributed by atoms with E-state index in [-0.39, 0.29) is 0 Å². The lowest BCUT2D eigenvalue weighted by molar-refractivity contribution is 0.400. The molecule has 1 aromatic carbocycles. The second-order valence-electron chi connectivity index (χ2n) is 3.17. The summed E-state index contributed by atoms with van der Waals surface area (Å²) < 4.78 is 4.70. The predicted octanol–water partition coefficient (Wildman–Crippen LogP) is 2.32. The lowest BCUT2D eigenvalue weighted by atomic mass is 10.2. The number of para-hydroxylation sites is 1. The molecule has 0 aliphatic heterocycles. The number of halogens is 1. The van der Waals surface area contributed by atoms with Gasteiger partial charge in [-0.3, -0.25) is 4.98 Å². The van der Waals surface area contributed by atoms with Crippen LogP contribution >= 0.6 is 11.6 Å². The van der Waals surface area contributed by atoms with Gasteiger partial charge in [0.1, 0.15) is 5.39 Å². The summed E-state index contributed by atoms with van der Waals surface area (Å²) in [6.45, 7) is 0. The monoisotopic (exact) mass is 220 g/mol. The first kappa shape index (κ1) is 8.49. The Kier molecular flexibility index (Phi) is 1.61. The van der Waals surface area contributed by atoms with Crippen LogP contribution in [0.25, 0.3) is 21.8 Å². The molecule has 3 aromatic rings. The molecule has 0 unspecified atom stereocenters. The number of aromatic nitrogens is 2. The van der Waals surface area contributed by atoms with Crippen molar-refractivity contribution in [1.29, 1.82) is 0 Å². The number of benzene rings is 1. The molecule has 74 valence electrons. The van der Waals surface area contributed by atoms with Crippen LogP contribution in [-0.2, 0) is 0 Å². The Morgan fingerprint density at radius 1 is 1.33 bits per heavy atom. The van der Waals surface area contributed by atoms with Gasteiger partial charge in [-0.25, -0.2) is 9.95 Å². The molecule has 0 aliphatic rings. The molecule has 2 heterocycles. The van der Waals surface area contributed by atoms with Crippen molar-refractivity contribution in [2.75, 3.05) is 0 Å². The van der Waals surface area contributed by atoms with Crippen LogP contribution in [0.3, 0.4) is 0 Å². The number of H-pyrrole nitrogens is 1. The molecule has 0 fully saturated rings. The van der Waals surface area contributed by atoms with Gasteiger partial charge < -0.3 is 4.52 Å². The summed E-state index contributed by atoms with van der Waals surface area (Å²) in [5.74, 6) is 0. The second kappa shape index (κ2) is 2.84. The zero-order valence-electron chi connectivity index (χ0n) is 7.45. The molecule has 2 aromatic heterocycles. The summed E-state index contributed by atoms with van der Waals surface area (Å²) in [5, 5.41) is 4.34. The van der Waals surface area contributed by atoms with Gasteiger partial charge in [-0.1, -0.05) is 23.7 Å². The van der Waals surface area contributed by atoms with Crippen molar-refractivity contribution in [2.45, 2.75) is 0 Å². The van der Waals surface area contributed by atoms with Crippen LogP contribution in [0.2, 0.25) is 5.02 Å². The molecule has 4 nitrogen and oxygen atoms in total. The fraction of sp³-hybridized carbons (Fsp3) is 0. The van der Waals surface area contributed by atoms with Gasteiger partial charge in [0.15, 0.2) is 0 Å². The Morgan fingerprint density at radius 3 is 3.07 bits per heavy atom. The highest BCUT2D eigenvalue weighted by molar-refractivity contribution is 6.35. The van der Waals surface area contributed by atoms with Crippen LogP contribution in [0.4, 0.5) is 0 Å². The first-order valence-corrected chi connectivity index (χ1v) is 4.69. The smallest absolute Gasteiger partial charge is 0.338 e. The number of nitrogens with one attached hydrogen (secondary N) is 1. The Bertz CT molecular complexity index is 714. The van der Waals surface area contributed by atoms with E-state index in [4.69, 9.17) is 16.1 Å². The Balaban J connectivity index is 2.66. The number of rotatable bonds is 0. The number of hydrogen-bond donors (Lipinski definition) is 1. The van der Waals surface area contributed by atoms with E-state index in [2.05, 4.69) is 10.1 Å². The summed E-state index contributed by atoms with van der Waals surface area (Å²) >= 11 is 5.98. The van der Waals surface area contributed by atoms with Crippen molar-refractivity contribution in [3.8, 4) is 0 Å². The molecule has 15 heavy (non-hydrogen) atoms. The molecule has 0 saturated carbocycles. The van der Waals surface area contributed by atoms with Gasteiger partial charge in [0.25, 0.3) is 0 Å². The number of aromatic amines is 1. The third-order valence-corrected chi connectivity index (χ3v) is 2.62. The van der Waals surface area contributed by atoms with Crippen LogP contribution in [0.15, 0.2) is 33.7 Å². The maximum atomic E-state index is 11.2. The van der Waals surface area contributed by atoms with Crippen LogP contribution in [0, 0.1) is 0 Å². The van der Waals surface area contributed by atoms with Gasteiger partial charge in [0.2, 0.25) is 0 Å². The van der Waals surface area contributed by atoms with Crippen LogP contribution in [-0.4, -0.2) is 10.1 Å². The van der Waals surface area contributed by atoms with Crippen LogP contribution in [0.1, 0.15) is 0 Å². The molecule has 0 aliphatic carbocycles. The van der Waals surface area contributed by atoms with E-state index in [0.717, 1.165) is 5.39 Å². The quantitative estimate of drug-likeness (QED) is 0.633. The van der Waals surface area contributed by atoms with Crippen LogP contribution < -0.4 is 5.63 Å². The first-order chi connectivity index (χ1) is 7.27. The average molecular weight is 221 g/mol. The minimum Gasteiger partial charge on any atom is -0.338 e. The normalized spacial score (nSPS) is 11.3. The molecule has 5 heteroatoms. The number of hydrogen-bond acceptors (Lipinski definition) is 3. The topological polar surface area (TPSA) is 58.9 Å².